The molecule has 2 rings (SSSR count). The Morgan fingerprint density at radius 1 is 1.19 bits per heavy atom. The largest absolute Gasteiger partial charge is 0.398 e. The number of halogens is 2. The summed E-state index contributed by atoms with van der Waals surface area (Å²) in [5.41, 5.74) is 8.16. The van der Waals surface area contributed by atoms with Crippen LogP contribution in [0.2, 0.25) is 5.02 Å². The Labute approximate surface area is 127 Å². The van der Waals surface area contributed by atoms with Gasteiger partial charge in [-0.05, 0) is 49.2 Å². The third kappa shape index (κ3) is 3.11. The highest BCUT2D eigenvalue weighted by molar-refractivity contribution is 7.92. The topological polar surface area (TPSA) is 72.2 Å². The van der Waals surface area contributed by atoms with E-state index in [9.17, 15) is 12.8 Å². The summed E-state index contributed by atoms with van der Waals surface area (Å²) in [6, 6.07) is 6.47. The van der Waals surface area contributed by atoms with E-state index in [1.54, 1.807) is 19.1 Å². The molecule has 0 spiro atoms. The highest BCUT2D eigenvalue weighted by atomic mass is 35.5. The first kappa shape index (κ1) is 15.6. The predicted molar refractivity (Wildman–Crippen MR) is 82.5 cm³/mol. The van der Waals surface area contributed by atoms with Crippen molar-refractivity contribution in [2.75, 3.05) is 10.5 Å². The van der Waals surface area contributed by atoms with E-state index in [-0.39, 0.29) is 9.92 Å². The molecule has 0 aromatic heterocycles. The molecule has 112 valence electrons. The average molecular weight is 329 g/mol. The Bertz CT molecular complexity index is 807. The van der Waals surface area contributed by atoms with Gasteiger partial charge >= 0.3 is 0 Å². The molecular weight excluding hydrogens is 315 g/mol. The number of hydrogen-bond donors (Lipinski definition) is 2. The van der Waals surface area contributed by atoms with Gasteiger partial charge in [-0.15, -0.1) is 0 Å². The van der Waals surface area contributed by atoms with Gasteiger partial charge in [0.05, 0.1) is 10.7 Å². The van der Waals surface area contributed by atoms with Crippen LogP contribution >= 0.6 is 11.6 Å². The lowest BCUT2D eigenvalue weighted by molar-refractivity contribution is 0.595. The third-order valence-corrected chi connectivity index (χ3v) is 5.01. The van der Waals surface area contributed by atoms with Gasteiger partial charge in [0.15, 0.2) is 0 Å². The summed E-state index contributed by atoms with van der Waals surface area (Å²) in [5, 5.41) is -0.0540. The van der Waals surface area contributed by atoms with Crippen molar-refractivity contribution in [3.8, 4) is 0 Å². The lowest BCUT2D eigenvalue weighted by atomic mass is 10.1. The van der Waals surface area contributed by atoms with Gasteiger partial charge < -0.3 is 5.73 Å². The SMILES string of the molecule is Cc1ccc(NS(=O)(=O)c2cc(F)ccc2Cl)c(C)c1N. The second kappa shape index (κ2) is 5.54. The minimum Gasteiger partial charge on any atom is -0.398 e. The number of hydrogen-bond acceptors (Lipinski definition) is 3. The highest BCUT2D eigenvalue weighted by Crippen LogP contribution is 2.29. The lowest BCUT2D eigenvalue weighted by Crippen LogP contribution is -2.15. The molecule has 4 nitrogen and oxygen atoms in total. The van der Waals surface area contributed by atoms with E-state index < -0.39 is 15.8 Å². The van der Waals surface area contributed by atoms with Gasteiger partial charge in [0.2, 0.25) is 0 Å². The molecule has 3 N–H and O–H groups in total. The lowest BCUT2D eigenvalue weighted by Gasteiger charge is -2.14. The molecule has 7 heteroatoms. The Morgan fingerprint density at radius 3 is 2.52 bits per heavy atom. The van der Waals surface area contributed by atoms with Gasteiger partial charge in [-0.25, -0.2) is 12.8 Å². The number of nitrogens with one attached hydrogen (secondary N) is 1. The number of sulfonamides is 1. The zero-order valence-corrected chi connectivity index (χ0v) is 13.0. The third-order valence-electron chi connectivity index (χ3n) is 3.16. The van der Waals surface area contributed by atoms with Gasteiger partial charge in [-0.3, -0.25) is 4.72 Å². The van der Waals surface area contributed by atoms with Crippen LogP contribution in [0.5, 0.6) is 0 Å². The first-order valence-corrected chi connectivity index (χ1v) is 7.92. The van der Waals surface area contributed by atoms with Crippen LogP contribution in [0, 0.1) is 19.7 Å². The fraction of sp³-hybridized carbons (Fsp3) is 0.143. The maximum atomic E-state index is 13.2. The van der Waals surface area contributed by atoms with E-state index in [4.69, 9.17) is 17.3 Å². The van der Waals surface area contributed by atoms with Gasteiger partial charge in [-0.2, -0.15) is 0 Å². The van der Waals surface area contributed by atoms with Crippen LogP contribution in [0.15, 0.2) is 35.2 Å². The first-order valence-electron chi connectivity index (χ1n) is 6.06. The smallest absolute Gasteiger partial charge is 0.263 e. The second-order valence-corrected chi connectivity index (χ2v) is 6.71. The molecule has 0 atom stereocenters. The number of rotatable bonds is 3. The molecule has 2 aromatic carbocycles. The maximum absolute atomic E-state index is 13.2. The molecule has 21 heavy (non-hydrogen) atoms. The average Bonchev–Trinajstić information content (AvgIpc) is 2.42. The second-order valence-electron chi connectivity index (χ2n) is 4.65. The van der Waals surface area contributed by atoms with Crippen LogP contribution in [0.25, 0.3) is 0 Å². The van der Waals surface area contributed by atoms with Crippen molar-refractivity contribution in [2.45, 2.75) is 18.7 Å². The Kier molecular flexibility index (Phi) is 4.11. The minimum absolute atomic E-state index is 0.0540. The van der Waals surface area contributed by atoms with Crippen molar-refractivity contribution in [3.05, 3.63) is 52.3 Å². The molecule has 0 aliphatic heterocycles. The van der Waals surface area contributed by atoms with Crippen LogP contribution in [-0.2, 0) is 10.0 Å². The summed E-state index contributed by atoms with van der Waals surface area (Å²) < 4.78 is 40.3. The van der Waals surface area contributed by atoms with Crippen molar-refractivity contribution in [1.82, 2.24) is 0 Å². The van der Waals surface area contributed by atoms with Crippen molar-refractivity contribution >= 4 is 33.0 Å². The molecule has 0 heterocycles. The van der Waals surface area contributed by atoms with Gasteiger partial charge in [-0.1, -0.05) is 17.7 Å². The normalized spacial score (nSPS) is 11.4. The molecule has 0 saturated heterocycles. The number of aryl methyl sites for hydroxylation is 1. The maximum Gasteiger partial charge on any atom is 0.263 e. The molecule has 0 aliphatic carbocycles. The zero-order chi connectivity index (χ0) is 15.8. The molecule has 2 aromatic rings. The summed E-state index contributed by atoms with van der Waals surface area (Å²) in [7, 11) is -4.00. The fourth-order valence-electron chi connectivity index (χ4n) is 1.86. The van der Waals surface area contributed by atoms with Gasteiger partial charge in [0.1, 0.15) is 10.7 Å². The number of nitrogen functional groups attached to an aromatic ring is 1. The van der Waals surface area contributed by atoms with E-state index >= 15 is 0 Å². The van der Waals surface area contributed by atoms with Crippen molar-refractivity contribution in [2.24, 2.45) is 0 Å². The predicted octanol–water partition coefficient (Wildman–Crippen LogP) is 3.48. The molecule has 0 bridgehead atoms. The van der Waals surface area contributed by atoms with Crippen LogP contribution in [0.3, 0.4) is 0 Å². The van der Waals surface area contributed by atoms with Crippen molar-refractivity contribution in [3.63, 3.8) is 0 Å². The van der Waals surface area contributed by atoms with Gasteiger partial charge in [0, 0.05) is 5.69 Å². The van der Waals surface area contributed by atoms with E-state index in [0.717, 1.165) is 17.7 Å². The summed E-state index contributed by atoms with van der Waals surface area (Å²) in [6.07, 6.45) is 0. The fourth-order valence-corrected chi connectivity index (χ4v) is 3.49. The Morgan fingerprint density at radius 2 is 1.86 bits per heavy atom. The van der Waals surface area contributed by atoms with Crippen LogP contribution in [0.1, 0.15) is 11.1 Å². The molecule has 0 fully saturated rings. The standard InChI is InChI=1S/C14H14ClFN2O2S/c1-8-3-6-12(9(2)14(8)17)18-21(19,20)13-7-10(16)4-5-11(13)15/h3-7,18H,17H2,1-2H3. The molecule has 0 saturated carbocycles. The summed E-state index contributed by atoms with van der Waals surface area (Å²) in [6.45, 7) is 3.53. The monoisotopic (exact) mass is 328 g/mol. The summed E-state index contributed by atoms with van der Waals surface area (Å²) in [4.78, 5) is -0.317. The molecule has 0 unspecified atom stereocenters. The van der Waals surface area contributed by atoms with E-state index in [1.165, 1.54) is 6.07 Å². The van der Waals surface area contributed by atoms with Crippen molar-refractivity contribution in [1.29, 1.82) is 0 Å². The Balaban J connectivity index is 2.47. The van der Waals surface area contributed by atoms with Crippen LogP contribution in [-0.4, -0.2) is 8.42 Å². The highest BCUT2D eigenvalue weighted by Gasteiger charge is 2.20. The van der Waals surface area contributed by atoms with Gasteiger partial charge in [0.25, 0.3) is 10.0 Å². The molecular formula is C14H14ClFN2O2S. The number of benzene rings is 2. The van der Waals surface area contributed by atoms with Crippen LogP contribution < -0.4 is 10.5 Å². The minimum atomic E-state index is -4.00. The quantitative estimate of drug-likeness (QED) is 0.847. The molecule has 0 amide bonds. The number of nitrogens with two attached hydrogens (primary N) is 1. The van der Waals surface area contributed by atoms with E-state index in [2.05, 4.69) is 4.72 Å². The van der Waals surface area contributed by atoms with Crippen molar-refractivity contribution < 1.29 is 12.8 Å². The van der Waals surface area contributed by atoms with Crippen LogP contribution in [0.4, 0.5) is 15.8 Å². The molecule has 0 aliphatic rings. The number of anilines is 2. The van der Waals surface area contributed by atoms with E-state index in [0.29, 0.717) is 16.9 Å². The summed E-state index contributed by atoms with van der Waals surface area (Å²) >= 11 is 5.83. The first-order chi connectivity index (χ1) is 9.72. The zero-order valence-electron chi connectivity index (χ0n) is 11.4. The Hall–Kier alpha value is -1.79. The summed E-state index contributed by atoms with van der Waals surface area (Å²) in [5.74, 6) is -0.681. The molecule has 0 radical (unpaired) electrons. The van der Waals surface area contributed by atoms with E-state index in [1.807, 2.05) is 6.92 Å².